The van der Waals surface area contributed by atoms with E-state index in [1.165, 1.54) is 0 Å². The first-order valence-electron chi connectivity index (χ1n) is 3.31. The molecule has 0 amide bonds. The fraction of sp³-hybridized carbons (Fsp3) is 1.00. The third-order valence-electron chi connectivity index (χ3n) is 0.642. The highest BCUT2D eigenvalue weighted by atomic mass is 32.2. The van der Waals surface area contributed by atoms with E-state index in [-0.39, 0.29) is 0 Å². The van der Waals surface area contributed by atoms with E-state index in [0.717, 1.165) is 13.1 Å². The Balaban J connectivity index is 0. The minimum Gasteiger partial charge on any atom is -0.702 e. The normalized spacial score (nSPS) is 10.3. The fourth-order valence-electron chi connectivity index (χ4n) is 0.329. The molecule has 76 valence electrons. The number of nitrogens with one attached hydrogen (secondary N) is 1. The molecule has 0 heterocycles. The van der Waals surface area contributed by atoms with Crippen LogP contribution in [0.1, 0.15) is 0 Å². The van der Waals surface area contributed by atoms with Crippen molar-refractivity contribution in [2.24, 2.45) is 11.5 Å². The number of nitrogens with two attached hydrogens (primary N) is 2. The van der Waals surface area contributed by atoms with E-state index in [2.05, 4.69) is 10.5 Å². The van der Waals surface area contributed by atoms with Crippen LogP contribution in [-0.2, 0) is 10.3 Å². The molecule has 0 aliphatic rings. The average Bonchev–Trinajstić information content (AvgIpc) is 1.85. The molecule has 0 saturated carbocycles. The summed E-state index contributed by atoms with van der Waals surface area (Å²) in [5.74, 6) is 0. The minimum absolute atomic E-state index is 0.694. The summed E-state index contributed by atoms with van der Waals surface area (Å²) < 4.78 is 26.9. The van der Waals surface area contributed by atoms with Gasteiger partial charge in [0, 0.05) is 26.2 Å². The maximum absolute atomic E-state index is 8.97. The fourth-order valence-corrected chi connectivity index (χ4v) is 0.329. The van der Waals surface area contributed by atoms with Gasteiger partial charge >= 0.3 is 0 Å². The predicted octanol–water partition coefficient (Wildman–Crippen LogP) is -3.82. The van der Waals surface area contributed by atoms with E-state index in [0.29, 0.717) is 13.1 Å². The van der Waals surface area contributed by atoms with Gasteiger partial charge in [-0.25, -0.2) is 0 Å². The average molecular weight is 200 g/mol. The molecule has 0 bridgehead atoms. The van der Waals surface area contributed by atoms with Crippen LogP contribution in [-0.4, -0.2) is 39.1 Å². The number of rotatable bonds is 4. The van der Waals surface area contributed by atoms with Crippen molar-refractivity contribution in [1.29, 1.82) is 0 Å². The van der Waals surface area contributed by atoms with Crippen molar-refractivity contribution >= 4 is 10.3 Å². The Morgan fingerprint density at radius 1 is 1.25 bits per heavy atom. The van der Waals surface area contributed by atoms with Crippen LogP contribution in [0.3, 0.4) is 0 Å². The lowest BCUT2D eigenvalue weighted by Crippen LogP contribution is -2.55. The van der Waals surface area contributed by atoms with Gasteiger partial charge in [-0.1, -0.05) is 0 Å². The van der Waals surface area contributed by atoms with E-state index in [1.807, 2.05) is 0 Å². The summed E-state index contributed by atoms with van der Waals surface area (Å²) in [5, 5.41) is 5.22. The molecule has 0 aliphatic carbocycles. The second kappa shape index (κ2) is 8.84. The van der Waals surface area contributed by atoms with Crippen molar-refractivity contribution in [2.75, 3.05) is 26.2 Å². The summed E-state index contributed by atoms with van der Waals surface area (Å²) >= 11 is 0. The molecule has 0 aromatic rings. The van der Waals surface area contributed by atoms with Gasteiger partial charge in [0.05, 0.1) is 0 Å². The molecule has 8 heteroatoms. The summed E-state index contributed by atoms with van der Waals surface area (Å²) in [6.45, 7) is 3.13. The monoisotopic (exact) mass is 200 g/mol. The van der Waals surface area contributed by atoms with Crippen molar-refractivity contribution < 1.29 is 18.1 Å². The number of hydrogen-bond acceptors (Lipinski definition) is 6. The molecule has 0 fully saturated rings. The molecule has 0 aromatic carbocycles. The molecule has 0 rings (SSSR count). The van der Waals surface area contributed by atoms with Crippen LogP contribution in [0.4, 0.5) is 0 Å². The molecular weight excluding hydrogens is 184 g/mol. The standard InChI is InChI=1S/C4H13N3.H3NO3S/c5-1-3-7-4-2-6;1-5(2,3)4/h7H,1-6H2;(H3,1,2,3,4). The van der Waals surface area contributed by atoms with Crippen LogP contribution in [0.2, 0.25) is 0 Å². The van der Waals surface area contributed by atoms with Gasteiger partial charge in [-0.05, 0) is 0 Å². The van der Waals surface area contributed by atoms with Gasteiger partial charge < -0.3 is 21.3 Å². The first-order chi connectivity index (χ1) is 5.41. The zero-order chi connectivity index (χ0) is 10.0. The van der Waals surface area contributed by atoms with Gasteiger partial charge in [0.1, 0.15) is 0 Å². The lowest BCUT2D eigenvalue weighted by atomic mass is 10.6. The quantitative estimate of drug-likeness (QED) is 0.270. The van der Waals surface area contributed by atoms with Crippen molar-refractivity contribution in [2.45, 2.75) is 0 Å². The van der Waals surface area contributed by atoms with E-state index in [1.54, 1.807) is 0 Å². The Labute approximate surface area is 72.2 Å². The highest BCUT2D eigenvalue weighted by molar-refractivity contribution is 7.78. The maximum atomic E-state index is 8.97. The van der Waals surface area contributed by atoms with Crippen molar-refractivity contribution in [3.8, 4) is 0 Å². The van der Waals surface area contributed by atoms with Crippen LogP contribution in [0.15, 0.2) is 0 Å². The van der Waals surface area contributed by atoms with Crippen molar-refractivity contribution in [3.63, 3.8) is 0 Å². The summed E-state index contributed by atoms with van der Waals surface area (Å²) in [4.78, 5) is 0. The second-order valence-electron chi connectivity index (χ2n) is 1.89. The maximum Gasteiger partial charge on any atom is 0.249 e. The van der Waals surface area contributed by atoms with Crippen LogP contribution >= 0.6 is 0 Å². The Morgan fingerprint density at radius 3 is 1.67 bits per heavy atom. The number of hydrogen-bond donors (Lipinski definition) is 4. The highest BCUT2D eigenvalue weighted by Crippen LogP contribution is 1.49. The van der Waals surface area contributed by atoms with E-state index in [9.17, 15) is 0 Å². The predicted molar refractivity (Wildman–Crippen MR) is 43.6 cm³/mol. The van der Waals surface area contributed by atoms with Crippen LogP contribution in [0.5, 0.6) is 0 Å². The lowest BCUT2D eigenvalue weighted by molar-refractivity contribution is -0.182. The Bertz CT molecular complexity index is 157. The molecule has 0 atom stereocenters. The molecule has 7 nitrogen and oxygen atoms in total. The Hall–Kier alpha value is -0.250. The topological polar surface area (TPSA) is 149 Å². The Kier molecular flexibility index (Phi) is 10.5. The van der Waals surface area contributed by atoms with Gasteiger partial charge in [0.2, 0.25) is 10.3 Å². The van der Waals surface area contributed by atoms with Gasteiger partial charge in [-0.15, -0.1) is 0 Å². The van der Waals surface area contributed by atoms with Crippen molar-refractivity contribution in [3.05, 3.63) is 0 Å². The zero-order valence-corrected chi connectivity index (χ0v) is 7.64. The van der Waals surface area contributed by atoms with Crippen LogP contribution < -0.4 is 21.9 Å². The highest BCUT2D eigenvalue weighted by Gasteiger charge is 1.76. The zero-order valence-electron chi connectivity index (χ0n) is 6.82. The minimum atomic E-state index is -4.17. The van der Waals surface area contributed by atoms with E-state index < -0.39 is 10.3 Å². The first kappa shape index (κ1) is 14.3. The molecule has 0 spiro atoms. The largest absolute Gasteiger partial charge is 0.702 e. The van der Waals surface area contributed by atoms with Crippen molar-refractivity contribution in [1.82, 2.24) is 5.32 Å². The molecule has 0 saturated heterocycles. The summed E-state index contributed by atoms with van der Waals surface area (Å²) in [5.41, 5.74) is 10.3. The second-order valence-corrected chi connectivity index (χ2v) is 3.00. The smallest absolute Gasteiger partial charge is 0.249 e. The van der Waals surface area contributed by atoms with Gasteiger partial charge in [0.15, 0.2) is 0 Å². The van der Waals surface area contributed by atoms with Gasteiger partial charge in [-0.3, -0.25) is 5.14 Å². The molecule has 8 N–H and O–H groups in total. The summed E-state index contributed by atoms with van der Waals surface area (Å²) in [7, 11) is -4.17. The van der Waals surface area contributed by atoms with E-state index >= 15 is 0 Å². The lowest BCUT2D eigenvalue weighted by Gasteiger charge is -1.95. The molecule has 0 radical (unpaired) electrons. The summed E-state index contributed by atoms with van der Waals surface area (Å²) in [6.07, 6.45) is 0. The molecule has 0 aliphatic heterocycles. The van der Waals surface area contributed by atoms with Crippen LogP contribution in [0, 0.1) is 0 Å². The van der Waals surface area contributed by atoms with Crippen LogP contribution in [0.25, 0.3) is 0 Å². The summed E-state index contributed by atoms with van der Waals surface area (Å²) in [6, 6.07) is 0. The van der Waals surface area contributed by atoms with E-state index in [4.69, 9.17) is 24.4 Å². The third-order valence-corrected chi connectivity index (χ3v) is 0.642. The SMILES string of the molecule is NCCNCCN.[NH3+]S(=O)(=O)[O-]. The number of quaternary nitrogens is 1. The van der Waals surface area contributed by atoms with Gasteiger partial charge in [0.25, 0.3) is 0 Å². The Morgan fingerprint density at radius 2 is 1.50 bits per heavy atom. The third kappa shape index (κ3) is 53.1. The first-order valence-corrected chi connectivity index (χ1v) is 4.89. The van der Waals surface area contributed by atoms with Gasteiger partial charge in [-0.2, -0.15) is 8.42 Å². The molecule has 0 aromatic heterocycles. The molecular formula is C4H16N4O3S. The molecule has 12 heavy (non-hydrogen) atoms. The molecule has 0 unspecified atom stereocenters.